The molecule has 0 aliphatic heterocycles. The van der Waals surface area contributed by atoms with E-state index in [1.54, 1.807) is 42.5 Å². The van der Waals surface area contributed by atoms with Gasteiger partial charge in [0.15, 0.2) is 0 Å². The van der Waals surface area contributed by atoms with Crippen molar-refractivity contribution in [3.8, 4) is 17.6 Å². The molecule has 0 spiro atoms. The average molecular weight is 416 g/mol. The van der Waals surface area contributed by atoms with Crippen LogP contribution < -0.4 is 20.7 Å². The molecule has 0 aromatic heterocycles. The molecule has 0 heterocycles. The van der Waals surface area contributed by atoms with Crippen LogP contribution in [0.5, 0.6) is 11.5 Å². The first-order valence-electron chi connectivity index (χ1n) is 8.50. The molecule has 0 saturated carbocycles. The third kappa shape index (κ3) is 7.90. The minimum atomic E-state index is -3.55. The van der Waals surface area contributed by atoms with Gasteiger partial charge in [-0.1, -0.05) is 18.2 Å². The molecule has 0 aliphatic rings. The van der Waals surface area contributed by atoms with Crippen LogP contribution in [0.3, 0.4) is 0 Å². The monoisotopic (exact) mass is 416 g/mol. The summed E-state index contributed by atoms with van der Waals surface area (Å²) in [6.45, 7) is -0.300. The van der Waals surface area contributed by atoms with Gasteiger partial charge in [0.25, 0.3) is 0 Å². The fourth-order valence-electron chi connectivity index (χ4n) is 2.29. The number of urea groups is 1. The molecule has 3 N–H and O–H groups in total. The first kappa shape index (κ1) is 21.7. The molecule has 2 aromatic rings. The number of hydrogen-bond acceptors (Lipinski definition) is 6. The number of nitrogens with zero attached hydrogens (tertiary/aromatic N) is 1. The van der Waals surface area contributed by atoms with Crippen LogP contribution in [0.25, 0.3) is 0 Å². The van der Waals surface area contributed by atoms with Crippen molar-refractivity contribution in [2.45, 2.75) is 6.04 Å². The van der Waals surface area contributed by atoms with Gasteiger partial charge in [-0.25, -0.2) is 13.2 Å². The minimum Gasteiger partial charge on any atom is -0.457 e. The van der Waals surface area contributed by atoms with E-state index in [0.29, 0.717) is 17.2 Å². The summed E-state index contributed by atoms with van der Waals surface area (Å²) in [5.74, 6) is -0.133. The standard InChI is InChI=1S/C19H20N4O5S/c1-29(26,27)13-17(18(24)21-12-11-20)23-19(25)22-14-7-9-16(10-8-14)28-15-5-3-2-4-6-15/h2-10,17H,12-13H2,1H3,(H,21,24)(H2,22,23,25). The number of carbonyl (C=O) groups is 2. The van der Waals surface area contributed by atoms with Crippen LogP contribution in [0, 0.1) is 11.3 Å². The Kier molecular flexibility index (Phi) is 7.56. The first-order valence-corrected chi connectivity index (χ1v) is 10.6. The summed E-state index contributed by atoms with van der Waals surface area (Å²) >= 11 is 0. The predicted molar refractivity (Wildman–Crippen MR) is 107 cm³/mol. The molecule has 29 heavy (non-hydrogen) atoms. The molecule has 0 saturated heterocycles. The highest BCUT2D eigenvalue weighted by atomic mass is 32.2. The van der Waals surface area contributed by atoms with Gasteiger partial charge in [0.1, 0.15) is 33.9 Å². The smallest absolute Gasteiger partial charge is 0.319 e. The van der Waals surface area contributed by atoms with Crippen molar-refractivity contribution < 1.29 is 22.7 Å². The third-order valence-electron chi connectivity index (χ3n) is 3.52. The van der Waals surface area contributed by atoms with Crippen molar-refractivity contribution in [1.29, 1.82) is 5.26 Å². The second-order valence-electron chi connectivity index (χ2n) is 6.06. The number of sulfone groups is 1. The van der Waals surface area contributed by atoms with E-state index in [1.807, 2.05) is 18.2 Å². The molecule has 0 bridgehead atoms. The van der Waals surface area contributed by atoms with Crippen LogP contribution in [-0.4, -0.2) is 45.0 Å². The molecule has 1 atom stereocenters. The summed E-state index contributed by atoms with van der Waals surface area (Å²) in [5.41, 5.74) is 0.415. The van der Waals surface area contributed by atoms with Gasteiger partial charge in [0, 0.05) is 11.9 Å². The number of carbonyl (C=O) groups excluding carboxylic acids is 2. The van der Waals surface area contributed by atoms with Crippen LogP contribution in [0.4, 0.5) is 10.5 Å². The van der Waals surface area contributed by atoms with Crippen molar-refractivity contribution in [1.82, 2.24) is 10.6 Å². The normalized spacial score (nSPS) is 11.6. The number of ether oxygens (including phenoxy) is 1. The van der Waals surface area contributed by atoms with Crippen molar-refractivity contribution in [2.75, 3.05) is 23.9 Å². The Balaban J connectivity index is 1.98. The fourth-order valence-corrected chi connectivity index (χ4v) is 3.13. The summed E-state index contributed by atoms with van der Waals surface area (Å²) in [6.07, 6.45) is 0.947. The number of rotatable bonds is 8. The van der Waals surface area contributed by atoms with Gasteiger partial charge in [-0.3, -0.25) is 4.79 Å². The van der Waals surface area contributed by atoms with Crippen LogP contribution in [-0.2, 0) is 14.6 Å². The number of benzene rings is 2. The summed E-state index contributed by atoms with van der Waals surface area (Å²) in [5, 5.41) is 15.6. The van der Waals surface area contributed by atoms with E-state index in [1.165, 1.54) is 0 Å². The van der Waals surface area contributed by atoms with E-state index in [2.05, 4.69) is 16.0 Å². The van der Waals surface area contributed by atoms with Crippen LogP contribution in [0.2, 0.25) is 0 Å². The summed E-state index contributed by atoms with van der Waals surface area (Å²) in [7, 11) is -3.55. The van der Waals surface area contributed by atoms with E-state index >= 15 is 0 Å². The zero-order chi connectivity index (χ0) is 21.3. The van der Waals surface area contributed by atoms with E-state index in [-0.39, 0.29) is 6.54 Å². The maximum Gasteiger partial charge on any atom is 0.319 e. The maximum absolute atomic E-state index is 12.2. The largest absolute Gasteiger partial charge is 0.457 e. The molecule has 2 rings (SSSR count). The fraction of sp³-hybridized carbons (Fsp3) is 0.211. The second kappa shape index (κ2) is 10.1. The van der Waals surface area contributed by atoms with Gasteiger partial charge in [-0.15, -0.1) is 0 Å². The van der Waals surface area contributed by atoms with Crippen LogP contribution in [0.15, 0.2) is 54.6 Å². The Morgan fingerprint density at radius 2 is 1.69 bits per heavy atom. The highest BCUT2D eigenvalue weighted by Gasteiger charge is 2.24. The summed E-state index contributed by atoms with van der Waals surface area (Å²) in [4.78, 5) is 24.2. The number of nitriles is 1. The molecule has 0 aliphatic carbocycles. The summed E-state index contributed by atoms with van der Waals surface area (Å²) < 4.78 is 28.7. The Hall–Kier alpha value is -3.58. The number of amides is 3. The molecule has 1 unspecified atom stereocenters. The first-order chi connectivity index (χ1) is 13.8. The Labute approximate surface area is 168 Å². The van der Waals surface area contributed by atoms with Crippen molar-refractivity contribution in [2.24, 2.45) is 0 Å². The number of hydrogen-bond donors (Lipinski definition) is 3. The van der Waals surface area contributed by atoms with Crippen molar-refractivity contribution >= 4 is 27.5 Å². The number of nitrogens with one attached hydrogen (secondary N) is 3. The molecule has 0 fully saturated rings. The molecule has 2 aromatic carbocycles. The molecule has 0 radical (unpaired) electrons. The third-order valence-corrected chi connectivity index (χ3v) is 4.46. The zero-order valence-corrected chi connectivity index (χ0v) is 16.4. The molecule has 9 nitrogen and oxygen atoms in total. The highest BCUT2D eigenvalue weighted by Crippen LogP contribution is 2.22. The Morgan fingerprint density at radius 1 is 1.07 bits per heavy atom. The quantitative estimate of drug-likeness (QED) is 0.560. The average Bonchev–Trinajstić information content (AvgIpc) is 2.67. The lowest BCUT2D eigenvalue weighted by Gasteiger charge is -2.17. The molecule has 3 amide bonds. The SMILES string of the molecule is CS(=O)(=O)CC(NC(=O)Nc1ccc(Oc2ccccc2)cc1)C(=O)NCC#N. The predicted octanol–water partition coefficient (Wildman–Crippen LogP) is 1.65. The van der Waals surface area contributed by atoms with Crippen molar-refractivity contribution in [3.05, 3.63) is 54.6 Å². The molecule has 152 valence electrons. The lowest BCUT2D eigenvalue weighted by molar-refractivity contribution is -0.122. The number of para-hydroxylation sites is 1. The Bertz CT molecular complexity index is 986. The van der Waals surface area contributed by atoms with Gasteiger partial charge in [0.2, 0.25) is 5.91 Å². The van der Waals surface area contributed by atoms with Gasteiger partial charge in [-0.05, 0) is 36.4 Å². The number of anilines is 1. The van der Waals surface area contributed by atoms with Gasteiger partial charge < -0.3 is 20.7 Å². The van der Waals surface area contributed by atoms with Gasteiger partial charge in [0.05, 0.1) is 11.8 Å². The lowest BCUT2D eigenvalue weighted by atomic mass is 10.3. The lowest BCUT2D eigenvalue weighted by Crippen LogP contribution is -2.51. The van der Waals surface area contributed by atoms with E-state index in [9.17, 15) is 18.0 Å². The minimum absolute atomic E-state index is 0.300. The zero-order valence-electron chi connectivity index (χ0n) is 15.6. The maximum atomic E-state index is 12.2. The highest BCUT2D eigenvalue weighted by molar-refractivity contribution is 7.90. The van der Waals surface area contributed by atoms with Crippen LogP contribution >= 0.6 is 0 Å². The Morgan fingerprint density at radius 3 is 2.28 bits per heavy atom. The van der Waals surface area contributed by atoms with Crippen LogP contribution in [0.1, 0.15) is 0 Å². The molecule has 10 heteroatoms. The molecular formula is C19H20N4O5S. The van der Waals surface area contributed by atoms with E-state index < -0.39 is 33.6 Å². The topological polar surface area (TPSA) is 137 Å². The summed E-state index contributed by atoms with van der Waals surface area (Å²) in [6, 6.07) is 15.3. The molecular weight excluding hydrogens is 396 g/mol. The van der Waals surface area contributed by atoms with Gasteiger partial charge in [-0.2, -0.15) is 5.26 Å². The van der Waals surface area contributed by atoms with E-state index in [4.69, 9.17) is 10.00 Å². The van der Waals surface area contributed by atoms with Crippen molar-refractivity contribution in [3.63, 3.8) is 0 Å². The van der Waals surface area contributed by atoms with Gasteiger partial charge >= 0.3 is 6.03 Å². The second-order valence-corrected chi connectivity index (χ2v) is 8.24. The van der Waals surface area contributed by atoms with E-state index in [0.717, 1.165) is 6.26 Å².